The van der Waals surface area contributed by atoms with Crippen LogP contribution in [0.2, 0.25) is 0 Å². The van der Waals surface area contributed by atoms with Crippen LogP contribution in [0.5, 0.6) is 0 Å². The van der Waals surface area contributed by atoms with E-state index in [-0.39, 0.29) is 25.1 Å². The number of allylic oxidation sites excluding steroid dienone is 1. The number of hydrogen-bond acceptors (Lipinski definition) is 6. The number of quaternary nitrogens is 1. The van der Waals surface area contributed by atoms with Crippen LogP contribution in [0.1, 0.15) is 278 Å². The maximum Gasteiger partial charge on any atom is 0.472 e. The number of ether oxygens (including phenoxy) is 1. The van der Waals surface area contributed by atoms with Crippen LogP contribution in [0.4, 0.5) is 0 Å². The van der Waals surface area contributed by atoms with E-state index in [1.165, 1.54) is 186 Å². The van der Waals surface area contributed by atoms with Gasteiger partial charge in [0.05, 0.1) is 33.8 Å². The Kier molecular flexibility index (Phi) is 45.6. The average molecular weight is 942 g/mol. The summed E-state index contributed by atoms with van der Waals surface area (Å²) in [6.07, 6.45) is 50.5. The predicted molar refractivity (Wildman–Crippen MR) is 277 cm³/mol. The highest BCUT2D eigenvalue weighted by atomic mass is 31.2. The summed E-state index contributed by atoms with van der Waals surface area (Å²) in [5, 5.41) is 3.05. The second-order valence-electron chi connectivity index (χ2n) is 20.5. The molecule has 1 amide bonds. The highest BCUT2D eigenvalue weighted by Gasteiger charge is 2.30. The number of amides is 1. The lowest BCUT2D eigenvalue weighted by Crippen LogP contribution is -2.47. The summed E-state index contributed by atoms with van der Waals surface area (Å²) in [5.74, 6) is -0.490. The molecule has 65 heavy (non-hydrogen) atoms. The van der Waals surface area contributed by atoms with E-state index < -0.39 is 20.0 Å². The number of nitrogens with one attached hydrogen (secondary N) is 1. The molecule has 0 saturated carbocycles. The van der Waals surface area contributed by atoms with Gasteiger partial charge in [0, 0.05) is 12.8 Å². The van der Waals surface area contributed by atoms with Crippen LogP contribution < -0.4 is 5.32 Å². The molecule has 9 nitrogen and oxygen atoms in total. The second-order valence-corrected chi connectivity index (χ2v) is 21.9. The smallest absolute Gasteiger partial charge is 0.456 e. The van der Waals surface area contributed by atoms with E-state index in [1.54, 1.807) is 0 Å². The van der Waals surface area contributed by atoms with Crippen molar-refractivity contribution in [3.63, 3.8) is 0 Å². The zero-order valence-corrected chi connectivity index (χ0v) is 44.9. The summed E-state index contributed by atoms with van der Waals surface area (Å²) >= 11 is 0. The highest BCUT2D eigenvalue weighted by molar-refractivity contribution is 7.47. The lowest BCUT2D eigenvalue weighted by Gasteiger charge is -2.27. The zero-order chi connectivity index (χ0) is 48.0. The van der Waals surface area contributed by atoms with E-state index in [4.69, 9.17) is 13.8 Å². The number of phosphoric ester groups is 1. The Balaban J connectivity index is 5.35. The Morgan fingerprint density at radius 3 is 1.26 bits per heavy atom. The number of rotatable bonds is 51. The van der Waals surface area contributed by atoms with E-state index >= 15 is 0 Å². The largest absolute Gasteiger partial charge is 0.472 e. The minimum absolute atomic E-state index is 0.0453. The van der Waals surface area contributed by atoms with Crippen molar-refractivity contribution in [2.45, 2.75) is 290 Å². The second kappa shape index (κ2) is 46.5. The van der Waals surface area contributed by atoms with Crippen molar-refractivity contribution < 1.29 is 37.3 Å². The molecule has 0 spiro atoms. The summed E-state index contributed by atoms with van der Waals surface area (Å²) in [5.41, 5.74) is 0. The number of unbranched alkanes of at least 4 members (excludes halogenated alkanes) is 35. The fraction of sp³-hybridized carbons (Fsp3) is 0.927. The molecule has 386 valence electrons. The molecule has 0 aromatic heterocycles. The predicted octanol–water partition coefficient (Wildman–Crippen LogP) is 16.4. The van der Waals surface area contributed by atoms with Crippen molar-refractivity contribution >= 4 is 19.7 Å². The van der Waals surface area contributed by atoms with Gasteiger partial charge in [0.1, 0.15) is 19.3 Å². The van der Waals surface area contributed by atoms with Crippen LogP contribution in [-0.4, -0.2) is 74.3 Å². The molecule has 0 radical (unpaired) electrons. The topological polar surface area (TPSA) is 111 Å². The lowest BCUT2D eigenvalue weighted by atomic mass is 10.0. The normalized spacial score (nSPS) is 13.9. The van der Waals surface area contributed by atoms with Gasteiger partial charge in [-0.3, -0.25) is 18.6 Å². The Morgan fingerprint density at radius 1 is 0.523 bits per heavy atom. The first kappa shape index (κ1) is 63.8. The van der Waals surface area contributed by atoms with Crippen LogP contribution >= 0.6 is 7.82 Å². The van der Waals surface area contributed by atoms with Crippen LogP contribution in [0.15, 0.2) is 12.2 Å². The summed E-state index contributed by atoms with van der Waals surface area (Å²) < 4.78 is 30.6. The molecular formula is C55H110N2O7P+. The minimum Gasteiger partial charge on any atom is -0.456 e. The quantitative estimate of drug-likeness (QED) is 0.0205. The third kappa shape index (κ3) is 47.6. The first-order chi connectivity index (χ1) is 31.4. The monoisotopic (exact) mass is 942 g/mol. The van der Waals surface area contributed by atoms with Crippen LogP contribution in [0.25, 0.3) is 0 Å². The lowest BCUT2D eigenvalue weighted by molar-refractivity contribution is -0.870. The van der Waals surface area contributed by atoms with Gasteiger partial charge in [-0.1, -0.05) is 245 Å². The molecule has 0 aromatic carbocycles. The molecular weight excluding hydrogens is 832 g/mol. The molecule has 3 unspecified atom stereocenters. The molecule has 2 N–H and O–H groups in total. The van der Waals surface area contributed by atoms with Gasteiger partial charge in [-0.25, -0.2) is 4.57 Å². The van der Waals surface area contributed by atoms with E-state index in [2.05, 4.69) is 26.1 Å². The van der Waals surface area contributed by atoms with E-state index in [1.807, 2.05) is 33.3 Å². The van der Waals surface area contributed by atoms with Gasteiger partial charge in [0.25, 0.3) is 0 Å². The third-order valence-electron chi connectivity index (χ3n) is 12.7. The maximum atomic E-state index is 13.4. The van der Waals surface area contributed by atoms with Crippen molar-refractivity contribution in [2.24, 2.45) is 0 Å². The number of phosphoric acid groups is 1. The van der Waals surface area contributed by atoms with Gasteiger partial charge in [0.2, 0.25) is 5.91 Å². The van der Waals surface area contributed by atoms with Crippen molar-refractivity contribution in [3.8, 4) is 0 Å². The molecule has 0 fully saturated rings. The molecule has 0 aliphatic heterocycles. The van der Waals surface area contributed by atoms with E-state index in [9.17, 15) is 19.0 Å². The Labute approximate surface area is 403 Å². The average Bonchev–Trinajstić information content (AvgIpc) is 3.26. The zero-order valence-electron chi connectivity index (χ0n) is 44.0. The highest BCUT2D eigenvalue weighted by Crippen LogP contribution is 2.43. The van der Waals surface area contributed by atoms with Crippen molar-refractivity contribution in [1.29, 1.82) is 0 Å². The first-order valence-electron chi connectivity index (χ1n) is 28.0. The molecule has 10 heteroatoms. The number of carbonyl (C=O) groups excluding carboxylic acids is 2. The summed E-state index contributed by atoms with van der Waals surface area (Å²) in [7, 11) is 1.51. The molecule has 3 atom stereocenters. The van der Waals surface area contributed by atoms with E-state index in [0.29, 0.717) is 23.9 Å². The number of hydrogen-bond donors (Lipinski definition) is 2. The Morgan fingerprint density at radius 2 is 0.877 bits per heavy atom. The first-order valence-corrected chi connectivity index (χ1v) is 29.5. The standard InChI is InChI=1S/C55H109N2O7P/c1-7-10-13-16-19-22-25-27-28-30-33-36-39-42-45-48-55(59)64-53(46-43-40-37-34-32-29-26-23-20-17-14-11-8-2)52(51-63-65(60,61)62-50-49-57(4,5)6)56-54(58)47-44-41-38-35-31-24-21-18-15-12-9-3/h43,46,52-53H,7-42,44-45,47-51H2,1-6H3,(H-,56,58,60,61)/p+1/b46-43+. The van der Waals surface area contributed by atoms with Gasteiger partial charge in [-0.2, -0.15) is 0 Å². The number of esters is 1. The minimum atomic E-state index is -4.43. The number of carbonyl (C=O) groups is 2. The maximum absolute atomic E-state index is 13.4. The Bertz CT molecular complexity index is 1130. The third-order valence-corrected chi connectivity index (χ3v) is 13.7. The fourth-order valence-corrected chi connectivity index (χ4v) is 9.09. The van der Waals surface area contributed by atoms with Crippen LogP contribution in [0, 0.1) is 0 Å². The molecule has 0 heterocycles. The summed E-state index contributed by atoms with van der Waals surface area (Å²) in [4.78, 5) is 37.5. The molecule has 0 rings (SSSR count). The summed E-state index contributed by atoms with van der Waals surface area (Å²) in [6.45, 7) is 7.03. The molecule has 0 aromatic rings. The van der Waals surface area contributed by atoms with Crippen molar-refractivity contribution in [2.75, 3.05) is 40.9 Å². The van der Waals surface area contributed by atoms with Crippen LogP contribution in [-0.2, 0) is 27.9 Å². The molecule has 0 bridgehead atoms. The van der Waals surface area contributed by atoms with Gasteiger partial charge in [0.15, 0.2) is 0 Å². The van der Waals surface area contributed by atoms with Crippen molar-refractivity contribution in [3.05, 3.63) is 12.2 Å². The summed E-state index contributed by atoms with van der Waals surface area (Å²) in [6, 6.07) is -0.837. The Hall–Kier alpha value is -1.25. The van der Waals surface area contributed by atoms with E-state index in [0.717, 1.165) is 57.8 Å². The fourth-order valence-electron chi connectivity index (χ4n) is 8.35. The number of nitrogens with zero attached hydrogens (tertiary/aromatic N) is 1. The van der Waals surface area contributed by atoms with Crippen LogP contribution in [0.3, 0.4) is 0 Å². The van der Waals surface area contributed by atoms with Gasteiger partial charge in [-0.05, 0) is 31.8 Å². The molecule has 0 aliphatic rings. The van der Waals surface area contributed by atoms with Gasteiger partial charge >= 0.3 is 13.8 Å². The SMILES string of the molecule is CCCCCCCCCCCCC/C=C/C(OC(=O)CCCCCCCCCCCCCCCCC)C(COP(=O)(O)OCC[N+](C)(C)C)NC(=O)CCCCCCCCCCCCC. The van der Waals surface area contributed by atoms with Gasteiger partial charge in [-0.15, -0.1) is 0 Å². The van der Waals surface area contributed by atoms with Gasteiger partial charge < -0.3 is 19.4 Å². The molecule has 0 saturated heterocycles. The number of likely N-dealkylation sites (N-methyl/N-ethyl adjacent to an activating group) is 1. The molecule has 0 aliphatic carbocycles. The van der Waals surface area contributed by atoms with Crippen molar-refractivity contribution in [1.82, 2.24) is 5.32 Å².